The summed E-state index contributed by atoms with van der Waals surface area (Å²) in [6, 6.07) is 0. The van der Waals surface area contributed by atoms with Crippen molar-refractivity contribution in [2.45, 2.75) is 0 Å². The van der Waals surface area contributed by atoms with Gasteiger partial charge in [0.2, 0.25) is 0 Å². The Morgan fingerprint density at radius 2 is 1.71 bits per heavy atom. The van der Waals surface area contributed by atoms with Crippen LogP contribution in [0, 0.1) is 0 Å². The Labute approximate surface area is 68.4 Å². The zero-order valence-corrected chi connectivity index (χ0v) is 4.51. The molecular formula is C2H6Li2O3. The van der Waals surface area contributed by atoms with Crippen molar-refractivity contribution in [1.82, 2.24) is 0 Å². The number of aliphatic hydroxyl groups excluding tert-OH is 1. The third-order valence-corrected chi connectivity index (χ3v) is 0.135. The van der Waals surface area contributed by atoms with Crippen molar-refractivity contribution in [1.29, 1.82) is 0 Å². The molecule has 3 nitrogen and oxygen atoms in total. The minimum Gasteiger partial charge on any atom is -1.00 e. The molecule has 0 aliphatic carbocycles. The van der Waals surface area contributed by atoms with Gasteiger partial charge in [-0.05, 0) is 0 Å². The monoisotopic (exact) mass is 92.1 g/mol. The molecule has 0 fully saturated rings. The Morgan fingerprint density at radius 3 is 1.71 bits per heavy atom. The topological polar surface area (TPSA) is 57.5 Å². The van der Waals surface area contributed by atoms with Gasteiger partial charge >= 0.3 is 43.7 Å². The van der Waals surface area contributed by atoms with E-state index in [9.17, 15) is 0 Å². The normalized spacial score (nSPS) is 5.29. The summed E-state index contributed by atoms with van der Waals surface area (Å²) in [7, 11) is 0. The Balaban J connectivity index is -0.0000000133. The van der Waals surface area contributed by atoms with Crippen molar-refractivity contribution in [3.05, 3.63) is 0 Å². The number of carboxylic acids is 1. The fourth-order valence-electron chi connectivity index (χ4n) is 0. The second-order valence-corrected chi connectivity index (χ2v) is 0.552. The maximum atomic E-state index is 9.12. The van der Waals surface area contributed by atoms with Crippen LogP contribution >= 0.6 is 0 Å². The van der Waals surface area contributed by atoms with Crippen molar-refractivity contribution in [2.75, 3.05) is 6.61 Å². The summed E-state index contributed by atoms with van der Waals surface area (Å²) in [5.41, 5.74) is 0. The Kier molecular flexibility index (Phi) is 21.9. The number of rotatable bonds is 1. The van der Waals surface area contributed by atoms with Gasteiger partial charge < -0.3 is 13.1 Å². The number of hydrogen-bond donors (Lipinski definition) is 2. The van der Waals surface area contributed by atoms with Gasteiger partial charge in [-0.1, -0.05) is 0 Å². The largest absolute Gasteiger partial charge is 1.00 e. The van der Waals surface area contributed by atoms with E-state index in [0.29, 0.717) is 0 Å². The third kappa shape index (κ3) is 20.6. The molecule has 0 unspecified atom stereocenters. The molecule has 0 rings (SSSR count). The first-order valence-corrected chi connectivity index (χ1v) is 1.10. The van der Waals surface area contributed by atoms with Gasteiger partial charge in [-0.15, -0.1) is 0 Å². The standard InChI is InChI=1S/C2H4O3.2Li.2H/c3-1-2(4)5;;;;/h3H,1H2,(H,4,5);;;;/q;2*+1;2*-1. The van der Waals surface area contributed by atoms with Crippen molar-refractivity contribution >= 4 is 5.97 Å². The van der Waals surface area contributed by atoms with Crippen LogP contribution in [0.2, 0.25) is 0 Å². The molecule has 0 saturated carbocycles. The van der Waals surface area contributed by atoms with Crippen LogP contribution in [0.4, 0.5) is 0 Å². The SMILES string of the molecule is O=C(O)CO.[H-].[H-].[Li+].[Li+]. The Morgan fingerprint density at radius 1 is 1.57 bits per heavy atom. The van der Waals surface area contributed by atoms with Crippen LogP contribution in [-0.2, 0) is 4.79 Å². The van der Waals surface area contributed by atoms with E-state index < -0.39 is 12.6 Å². The number of carbonyl (C=O) groups is 1. The fraction of sp³-hybridized carbons (Fsp3) is 0.500. The maximum absolute atomic E-state index is 9.12. The average Bonchev–Trinajstić information content (AvgIpc) is 1.38. The number of hydrogen-bond acceptors (Lipinski definition) is 2. The quantitative estimate of drug-likeness (QED) is 0.316. The zero-order valence-electron chi connectivity index (χ0n) is 6.51. The smallest absolute Gasteiger partial charge is 1.00 e. The summed E-state index contributed by atoms with van der Waals surface area (Å²) in [4.78, 5) is 9.12. The summed E-state index contributed by atoms with van der Waals surface area (Å²) >= 11 is 0. The minimum atomic E-state index is -1.19. The van der Waals surface area contributed by atoms with E-state index in [1.54, 1.807) is 0 Å². The summed E-state index contributed by atoms with van der Waals surface area (Å²) < 4.78 is 0. The molecule has 0 aromatic rings. The molecule has 0 saturated heterocycles. The second kappa shape index (κ2) is 9.80. The number of aliphatic hydroxyl groups is 1. The van der Waals surface area contributed by atoms with Crippen LogP contribution in [-0.4, -0.2) is 22.8 Å². The van der Waals surface area contributed by atoms with Gasteiger partial charge in [0, 0.05) is 0 Å². The van der Waals surface area contributed by atoms with Crippen LogP contribution < -0.4 is 37.7 Å². The van der Waals surface area contributed by atoms with E-state index in [1.807, 2.05) is 0 Å². The molecule has 0 amide bonds. The van der Waals surface area contributed by atoms with Gasteiger partial charge in [-0.3, -0.25) is 0 Å². The second-order valence-electron chi connectivity index (χ2n) is 0.552. The van der Waals surface area contributed by atoms with Gasteiger partial charge in [0.1, 0.15) is 6.61 Å². The van der Waals surface area contributed by atoms with E-state index in [0.717, 1.165) is 0 Å². The summed E-state index contributed by atoms with van der Waals surface area (Å²) in [5, 5.41) is 15.0. The Bertz CT molecular complexity index is 53.1. The summed E-state index contributed by atoms with van der Waals surface area (Å²) in [6.07, 6.45) is 0. The van der Waals surface area contributed by atoms with Crippen molar-refractivity contribution < 1.29 is 55.6 Å². The van der Waals surface area contributed by atoms with Gasteiger partial charge in [-0.25, -0.2) is 4.79 Å². The van der Waals surface area contributed by atoms with Crippen LogP contribution in [0.15, 0.2) is 0 Å². The molecule has 5 heteroatoms. The van der Waals surface area contributed by atoms with Crippen LogP contribution in [0.3, 0.4) is 0 Å². The molecule has 0 spiro atoms. The first kappa shape index (κ1) is 15.6. The molecule has 0 aromatic carbocycles. The molecule has 0 atom stereocenters. The predicted octanol–water partition coefficient (Wildman–Crippen LogP) is -6.70. The first-order chi connectivity index (χ1) is 2.27. The summed E-state index contributed by atoms with van der Waals surface area (Å²) in [6.45, 7) is -0.778. The van der Waals surface area contributed by atoms with Gasteiger partial charge in [0.25, 0.3) is 0 Å². The number of aliphatic carboxylic acids is 1. The number of carboxylic acid groups (broad SMARTS) is 1. The average molecular weight is 91.9 g/mol. The van der Waals surface area contributed by atoms with Gasteiger partial charge in [0.05, 0.1) is 0 Å². The van der Waals surface area contributed by atoms with E-state index in [4.69, 9.17) is 15.0 Å². The van der Waals surface area contributed by atoms with Crippen LogP contribution in [0.1, 0.15) is 2.85 Å². The zero-order chi connectivity index (χ0) is 4.28. The molecule has 0 heterocycles. The van der Waals surface area contributed by atoms with Crippen LogP contribution in [0.25, 0.3) is 0 Å². The van der Waals surface area contributed by atoms with Crippen molar-refractivity contribution in [2.24, 2.45) is 0 Å². The molecule has 0 aliphatic rings. The molecule has 2 N–H and O–H groups in total. The molecule has 34 valence electrons. The summed E-state index contributed by atoms with van der Waals surface area (Å²) in [5.74, 6) is -1.19. The van der Waals surface area contributed by atoms with Crippen molar-refractivity contribution in [3.8, 4) is 0 Å². The van der Waals surface area contributed by atoms with Crippen LogP contribution in [0.5, 0.6) is 0 Å². The van der Waals surface area contributed by atoms with Gasteiger partial charge in [0.15, 0.2) is 0 Å². The third-order valence-electron chi connectivity index (χ3n) is 0.135. The van der Waals surface area contributed by atoms with Crippen molar-refractivity contribution in [3.63, 3.8) is 0 Å². The Hall–Kier alpha value is 0.625. The molecule has 0 radical (unpaired) electrons. The molecule has 0 aliphatic heterocycles. The first-order valence-electron chi connectivity index (χ1n) is 1.10. The minimum absolute atomic E-state index is 0. The predicted molar refractivity (Wildman–Crippen MR) is 16.9 cm³/mol. The molecule has 0 bridgehead atoms. The van der Waals surface area contributed by atoms with Gasteiger partial charge in [-0.2, -0.15) is 0 Å². The van der Waals surface area contributed by atoms with E-state index >= 15 is 0 Å². The van der Waals surface area contributed by atoms with E-state index in [2.05, 4.69) is 0 Å². The van der Waals surface area contributed by atoms with E-state index in [1.165, 1.54) is 0 Å². The van der Waals surface area contributed by atoms with E-state index in [-0.39, 0.29) is 40.6 Å². The molecule has 0 aromatic heterocycles. The molecule has 7 heavy (non-hydrogen) atoms. The fourth-order valence-corrected chi connectivity index (χ4v) is 0. The maximum Gasteiger partial charge on any atom is 1.00 e. The molecular weight excluding hydrogens is 85.9 g/mol.